The van der Waals surface area contributed by atoms with E-state index in [2.05, 4.69) is 0 Å². The van der Waals surface area contributed by atoms with Crippen LogP contribution in [0.1, 0.15) is 17.9 Å². The molecule has 1 aromatic carbocycles. The molecule has 2 atom stereocenters. The molecular formula is C19H20N4O2Si. The Balaban J connectivity index is 2.86. The second kappa shape index (κ2) is 6.56. The predicted molar refractivity (Wildman–Crippen MR) is 95.3 cm³/mol. The summed E-state index contributed by atoms with van der Waals surface area (Å²) in [5.74, 6) is -2.36. The average molecular weight is 364 g/mol. The number of nitriles is 4. The number of ether oxygens (including phenoxy) is 1. The number of hydrogen-bond acceptors (Lipinski definition) is 6. The Bertz CT molecular complexity index is 823. The van der Waals surface area contributed by atoms with E-state index in [-0.39, 0.29) is 6.42 Å². The second-order valence-electron chi connectivity index (χ2n) is 7.34. The molecule has 0 saturated heterocycles. The van der Waals surface area contributed by atoms with Gasteiger partial charge >= 0.3 is 0 Å². The lowest BCUT2D eigenvalue weighted by atomic mass is 9.62. The van der Waals surface area contributed by atoms with Gasteiger partial charge in [-0.15, -0.1) is 0 Å². The Morgan fingerprint density at radius 1 is 0.962 bits per heavy atom. The fraction of sp³-hybridized carbons (Fsp3) is 0.474. The summed E-state index contributed by atoms with van der Waals surface area (Å²) in [6.07, 6.45) is 0.0695. The minimum Gasteiger partial charge on any atom is -0.389 e. The first-order valence-electron chi connectivity index (χ1n) is 8.16. The summed E-state index contributed by atoms with van der Waals surface area (Å²) in [5.41, 5.74) is -3.31. The maximum Gasteiger partial charge on any atom is 0.228 e. The predicted octanol–water partition coefficient (Wildman–Crippen LogP) is 3.44. The van der Waals surface area contributed by atoms with Gasteiger partial charge in [0, 0.05) is 19.4 Å². The number of methoxy groups -OCH3 is 1. The largest absolute Gasteiger partial charge is 0.389 e. The van der Waals surface area contributed by atoms with E-state index < -0.39 is 30.9 Å². The van der Waals surface area contributed by atoms with Gasteiger partial charge < -0.3 is 9.16 Å². The summed E-state index contributed by atoms with van der Waals surface area (Å²) in [6.45, 7) is 5.72. The van der Waals surface area contributed by atoms with Crippen molar-refractivity contribution in [2.75, 3.05) is 7.11 Å². The molecular weight excluding hydrogens is 344 g/mol. The van der Waals surface area contributed by atoms with Crippen molar-refractivity contribution in [3.05, 3.63) is 35.9 Å². The highest BCUT2D eigenvalue weighted by Gasteiger charge is 2.77. The minimum atomic E-state index is -2.30. The molecule has 0 spiro atoms. The lowest BCUT2D eigenvalue weighted by molar-refractivity contribution is -0.207. The number of nitrogens with zero attached hydrogens (tertiary/aromatic N) is 4. The summed E-state index contributed by atoms with van der Waals surface area (Å²) in [5, 5.41) is 40.0. The van der Waals surface area contributed by atoms with Crippen LogP contribution in [0.15, 0.2) is 30.3 Å². The summed E-state index contributed by atoms with van der Waals surface area (Å²) < 4.78 is 11.9. The van der Waals surface area contributed by atoms with Gasteiger partial charge in [0.05, 0.1) is 24.3 Å². The van der Waals surface area contributed by atoms with E-state index in [0.29, 0.717) is 5.56 Å². The zero-order chi connectivity index (χ0) is 19.6. The molecule has 26 heavy (non-hydrogen) atoms. The normalized spacial score (nSPS) is 26.1. The molecule has 0 aromatic heterocycles. The molecule has 1 saturated carbocycles. The van der Waals surface area contributed by atoms with Crippen LogP contribution in [0, 0.1) is 56.2 Å². The second-order valence-corrected chi connectivity index (χ2v) is 11.8. The van der Waals surface area contributed by atoms with Crippen molar-refractivity contribution < 1.29 is 9.16 Å². The van der Waals surface area contributed by atoms with Crippen LogP contribution in [0.2, 0.25) is 19.6 Å². The molecule has 1 aliphatic rings. The summed E-state index contributed by atoms with van der Waals surface area (Å²) >= 11 is 0. The van der Waals surface area contributed by atoms with Crippen LogP contribution in [0.3, 0.4) is 0 Å². The molecule has 1 fully saturated rings. The molecule has 0 amide bonds. The van der Waals surface area contributed by atoms with Gasteiger partial charge in [-0.3, -0.25) is 0 Å². The van der Waals surface area contributed by atoms with Crippen LogP contribution in [-0.2, 0) is 9.16 Å². The van der Waals surface area contributed by atoms with Gasteiger partial charge in [-0.05, 0) is 25.2 Å². The third kappa shape index (κ3) is 2.50. The molecule has 1 aromatic rings. The average Bonchev–Trinajstić information content (AvgIpc) is 2.87. The highest BCUT2D eigenvalue weighted by atomic mass is 28.4. The monoisotopic (exact) mass is 364 g/mol. The molecule has 0 aliphatic heterocycles. The molecule has 1 aliphatic carbocycles. The maximum absolute atomic E-state index is 10.0. The molecule has 0 unspecified atom stereocenters. The summed E-state index contributed by atoms with van der Waals surface area (Å²) in [7, 11) is -0.944. The van der Waals surface area contributed by atoms with Gasteiger partial charge in [-0.2, -0.15) is 21.0 Å². The highest BCUT2D eigenvalue weighted by Crippen LogP contribution is 2.65. The van der Waals surface area contributed by atoms with E-state index in [4.69, 9.17) is 9.16 Å². The Morgan fingerprint density at radius 3 is 1.88 bits per heavy atom. The topological polar surface area (TPSA) is 114 Å². The fourth-order valence-electron chi connectivity index (χ4n) is 3.80. The quantitative estimate of drug-likeness (QED) is 0.597. The number of rotatable bonds is 4. The van der Waals surface area contributed by atoms with Crippen LogP contribution in [0.25, 0.3) is 0 Å². The molecule has 2 rings (SSSR count). The zero-order valence-electron chi connectivity index (χ0n) is 15.3. The molecule has 0 N–H and O–H groups in total. The van der Waals surface area contributed by atoms with Gasteiger partial charge in [-0.1, -0.05) is 30.3 Å². The maximum atomic E-state index is 10.0. The molecule has 132 valence electrons. The SMILES string of the molecule is CO[C@@]1(O[Si](C)(C)C)C[C@H](c2ccccc2)C(C#N)(C#N)C1(C#N)C#N. The van der Waals surface area contributed by atoms with Gasteiger partial charge in [0.2, 0.25) is 5.41 Å². The first-order chi connectivity index (χ1) is 12.2. The van der Waals surface area contributed by atoms with Crippen molar-refractivity contribution >= 4 is 8.32 Å². The van der Waals surface area contributed by atoms with Gasteiger partial charge in [0.25, 0.3) is 0 Å². The van der Waals surface area contributed by atoms with Crippen molar-refractivity contribution in [1.29, 1.82) is 21.0 Å². The lowest BCUT2D eigenvalue weighted by Gasteiger charge is -2.42. The van der Waals surface area contributed by atoms with Crippen molar-refractivity contribution in [3.8, 4) is 24.3 Å². The van der Waals surface area contributed by atoms with E-state index in [1.165, 1.54) is 7.11 Å². The first-order valence-corrected chi connectivity index (χ1v) is 11.6. The van der Waals surface area contributed by atoms with E-state index in [1.54, 1.807) is 24.3 Å². The third-order valence-electron chi connectivity index (χ3n) is 4.85. The van der Waals surface area contributed by atoms with E-state index in [1.807, 2.05) is 50.0 Å². The van der Waals surface area contributed by atoms with Gasteiger partial charge in [-0.25, -0.2) is 0 Å². The zero-order valence-corrected chi connectivity index (χ0v) is 16.3. The van der Waals surface area contributed by atoms with E-state index in [0.717, 1.165) is 0 Å². The standard InChI is InChI=1S/C19H20N4O2Si/c1-24-19(25-26(2,3)4)10-16(15-8-6-5-7-9-15)17(11-20,12-21)18(19,13-22)14-23/h5-9,16H,10H2,1-4H3/t16-,19-/m1/s1. The molecule has 0 heterocycles. The lowest BCUT2D eigenvalue weighted by Crippen LogP contribution is -2.56. The van der Waals surface area contributed by atoms with E-state index >= 15 is 0 Å². The van der Waals surface area contributed by atoms with Crippen molar-refractivity contribution in [1.82, 2.24) is 0 Å². The van der Waals surface area contributed by atoms with Crippen molar-refractivity contribution in [2.24, 2.45) is 10.8 Å². The molecule has 7 heteroatoms. The molecule has 0 bridgehead atoms. The minimum absolute atomic E-state index is 0.0695. The Kier molecular flexibility index (Phi) is 4.96. The van der Waals surface area contributed by atoms with Crippen LogP contribution in [0.5, 0.6) is 0 Å². The van der Waals surface area contributed by atoms with E-state index in [9.17, 15) is 21.0 Å². The van der Waals surface area contributed by atoms with Crippen LogP contribution < -0.4 is 0 Å². The summed E-state index contributed by atoms with van der Waals surface area (Å²) in [6, 6.07) is 16.9. The van der Waals surface area contributed by atoms with Crippen molar-refractivity contribution in [2.45, 2.75) is 37.8 Å². The number of benzene rings is 1. The Hall–Kier alpha value is -2.68. The Morgan fingerprint density at radius 2 is 1.50 bits per heavy atom. The Labute approximate surface area is 154 Å². The van der Waals surface area contributed by atoms with Crippen LogP contribution in [-0.4, -0.2) is 21.2 Å². The van der Waals surface area contributed by atoms with Crippen LogP contribution >= 0.6 is 0 Å². The molecule has 0 radical (unpaired) electrons. The summed E-state index contributed by atoms with van der Waals surface area (Å²) in [4.78, 5) is 0. The van der Waals surface area contributed by atoms with Gasteiger partial charge in [0.1, 0.15) is 0 Å². The van der Waals surface area contributed by atoms with Gasteiger partial charge in [0.15, 0.2) is 19.5 Å². The third-order valence-corrected chi connectivity index (χ3v) is 5.79. The fourth-order valence-corrected chi connectivity index (χ4v) is 5.11. The molecule has 6 nitrogen and oxygen atoms in total. The highest BCUT2D eigenvalue weighted by molar-refractivity contribution is 6.69. The number of hydrogen-bond donors (Lipinski definition) is 0. The van der Waals surface area contributed by atoms with Crippen molar-refractivity contribution in [3.63, 3.8) is 0 Å². The van der Waals surface area contributed by atoms with Crippen LogP contribution in [0.4, 0.5) is 0 Å². The smallest absolute Gasteiger partial charge is 0.228 e. The first kappa shape index (κ1) is 19.6.